The molecule has 0 aliphatic carbocycles. The molecule has 20 heavy (non-hydrogen) atoms. The average Bonchev–Trinajstić information content (AvgIpc) is 2.73. The van der Waals surface area contributed by atoms with Gasteiger partial charge in [-0.15, -0.1) is 10.2 Å². The molecule has 2 amide bonds. The zero-order valence-electron chi connectivity index (χ0n) is 10.0. The van der Waals surface area contributed by atoms with Crippen LogP contribution in [0.2, 0.25) is 0 Å². The molecule has 2 aromatic rings. The van der Waals surface area contributed by atoms with Gasteiger partial charge in [0, 0.05) is 6.20 Å². The lowest BCUT2D eigenvalue weighted by Crippen LogP contribution is -2.20. The van der Waals surface area contributed by atoms with Crippen molar-refractivity contribution in [2.75, 3.05) is 10.6 Å². The highest BCUT2D eigenvalue weighted by Crippen LogP contribution is 2.29. The van der Waals surface area contributed by atoms with Gasteiger partial charge in [0.1, 0.15) is 5.01 Å². The summed E-state index contributed by atoms with van der Waals surface area (Å²) in [7, 11) is 0. The molecule has 0 saturated carbocycles. The molecule has 0 unspecified atom stereocenters. The van der Waals surface area contributed by atoms with E-state index in [9.17, 15) is 18.0 Å². The molecule has 106 valence electrons. The number of anilines is 2. The Hall–Kier alpha value is -2.23. The summed E-state index contributed by atoms with van der Waals surface area (Å²) in [5, 5.41) is 12.8. The third-order valence-electron chi connectivity index (χ3n) is 2.07. The minimum atomic E-state index is -4.52. The van der Waals surface area contributed by atoms with E-state index in [-0.39, 0.29) is 10.8 Å². The Bertz CT molecular complexity index is 627. The number of pyridine rings is 1. The molecule has 6 nitrogen and oxygen atoms in total. The number of alkyl halides is 3. The number of urea groups is 1. The summed E-state index contributed by atoms with van der Waals surface area (Å²) in [5.74, 6) is 0. The van der Waals surface area contributed by atoms with Crippen molar-refractivity contribution in [1.29, 1.82) is 0 Å². The van der Waals surface area contributed by atoms with E-state index in [4.69, 9.17) is 0 Å². The van der Waals surface area contributed by atoms with Crippen molar-refractivity contribution in [2.45, 2.75) is 13.1 Å². The smallest absolute Gasteiger partial charge is 0.306 e. The first-order valence-corrected chi connectivity index (χ1v) is 6.06. The van der Waals surface area contributed by atoms with Gasteiger partial charge in [-0.25, -0.2) is 4.79 Å². The molecule has 0 saturated heterocycles. The summed E-state index contributed by atoms with van der Waals surface area (Å²) in [5.41, 5.74) is -1.01. The van der Waals surface area contributed by atoms with Gasteiger partial charge >= 0.3 is 12.2 Å². The third kappa shape index (κ3) is 3.63. The molecular formula is C10H8F3N5OS. The van der Waals surface area contributed by atoms with Crippen LogP contribution in [0.3, 0.4) is 0 Å². The zero-order valence-corrected chi connectivity index (χ0v) is 10.8. The lowest BCUT2D eigenvalue weighted by atomic mass is 10.2. The molecule has 0 aromatic carbocycles. The van der Waals surface area contributed by atoms with Gasteiger partial charge in [-0.05, 0) is 13.0 Å². The predicted molar refractivity (Wildman–Crippen MR) is 66.5 cm³/mol. The maximum Gasteiger partial charge on any atom is 0.417 e. The van der Waals surface area contributed by atoms with Crippen LogP contribution in [0.4, 0.5) is 28.8 Å². The van der Waals surface area contributed by atoms with Crippen LogP contribution in [0.25, 0.3) is 0 Å². The van der Waals surface area contributed by atoms with Gasteiger partial charge in [-0.3, -0.25) is 10.3 Å². The molecule has 0 radical (unpaired) electrons. The number of carbonyl (C=O) groups is 1. The molecular weight excluding hydrogens is 295 g/mol. The summed E-state index contributed by atoms with van der Waals surface area (Å²) in [6, 6.07) is 0.0695. The van der Waals surface area contributed by atoms with Crippen molar-refractivity contribution in [3.63, 3.8) is 0 Å². The van der Waals surface area contributed by atoms with Gasteiger partial charge in [-0.2, -0.15) is 13.2 Å². The largest absolute Gasteiger partial charge is 0.417 e. The molecule has 0 spiro atoms. The molecule has 0 bridgehead atoms. The lowest BCUT2D eigenvalue weighted by molar-refractivity contribution is -0.137. The maximum atomic E-state index is 12.5. The van der Waals surface area contributed by atoms with Crippen molar-refractivity contribution in [2.24, 2.45) is 0 Å². The number of carbonyl (C=O) groups excluding carboxylic acids is 1. The first-order chi connectivity index (χ1) is 9.34. The number of hydrogen-bond acceptors (Lipinski definition) is 5. The van der Waals surface area contributed by atoms with Crippen LogP contribution in [0.1, 0.15) is 10.6 Å². The van der Waals surface area contributed by atoms with Crippen LogP contribution in [0, 0.1) is 6.92 Å². The highest BCUT2D eigenvalue weighted by Gasteiger charge is 2.31. The van der Waals surface area contributed by atoms with E-state index < -0.39 is 17.8 Å². The SMILES string of the molecule is Cc1nnc(NC(=O)Nc2cncc(C(F)(F)F)c2)s1. The Kier molecular flexibility index (Phi) is 3.84. The molecule has 0 aliphatic heterocycles. The van der Waals surface area contributed by atoms with Gasteiger partial charge in [0.25, 0.3) is 0 Å². The van der Waals surface area contributed by atoms with Crippen molar-refractivity contribution in [3.8, 4) is 0 Å². The van der Waals surface area contributed by atoms with Gasteiger partial charge in [-0.1, -0.05) is 11.3 Å². The van der Waals surface area contributed by atoms with Crippen molar-refractivity contribution < 1.29 is 18.0 Å². The van der Waals surface area contributed by atoms with Crippen LogP contribution in [-0.2, 0) is 6.18 Å². The number of nitrogens with zero attached hydrogens (tertiary/aromatic N) is 3. The van der Waals surface area contributed by atoms with E-state index in [2.05, 4.69) is 25.8 Å². The molecule has 0 aliphatic rings. The topological polar surface area (TPSA) is 79.8 Å². The molecule has 2 heterocycles. The second-order valence-corrected chi connectivity index (χ2v) is 4.85. The van der Waals surface area contributed by atoms with Gasteiger partial charge in [0.05, 0.1) is 17.4 Å². The molecule has 2 aromatic heterocycles. The summed E-state index contributed by atoms with van der Waals surface area (Å²) >= 11 is 1.14. The first kappa shape index (κ1) is 14.2. The van der Waals surface area contributed by atoms with E-state index in [0.29, 0.717) is 11.2 Å². The van der Waals surface area contributed by atoms with Crippen LogP contribution >= 0.6 is 11.3 Å². The number of aromatic nitrogens is 3. The van der Waals surface area contributed by atoms with E-state index in [1.807, 2.05) is 0 Å². The molecule has 2 rings (SSSR count). The Morgan fingerprint density at radius 2 is 2.00 bits per heavy atom. The quantitative estimate of drug-likeness (QED) is 0.894. The summed E-state index contributed by atoms with van der Waals surface area (Å²) < 4.78 is 37.4. The van der Waals surface area contributed by atoms with E-state index in [1.165, 1.54) is 0 Å². The number of aryl methyl sites for hydroxylation is 1. The van der Waals surface area contributed by atoms with Crippen molar-refractivity contribution in [3.05, 3.63) is 29.0 Å². The fourth-order valence-corrected chi connectivity index (χ4v) is 1.86. The Morgan fingerprint density at radius 3 is 2.60 bits per heavy atom. The fourth-order valence-electron chi connectivity index (χ4n) is 1.27. The monoisotopic (exact) mass is 303 g/mol. The Labute approximate surface area is 115 Å². The van der Waals surface area contributed by atoms with Gasteiger partial charge in [0.15, 0.2) is 0 Å². The highest BCUT2D eigenvalue weighted by atomic mass is 32.1. The molecule has 0 fully saturated rings. The van der Waals surface area contributed by atoms with Gasteiger partial charge < -0.3 is 5.32 Å². The van der Waals surface area contributed by atoms with E-state index in [0.717, 1.165) is 23.6 Å². The number of halogens is 3. The normalized spacial score (nSPS) is 11.2. The lowest BCUT2D eigenvalue weighted by Gasteiger charge is -2.09. The summed E-state index contributed by atoms with van der Waals surface area (Å²) in [6.07, 6.45) is -2.73. The van der Waals surface area contributed by atoms with E-state index >= 15 is 0 Å². The molecule has 2 N–H and O–H groups in total. The fraction of sp³-hybridized carbons (Fsp3) is 0.200. The Balaban J connectivity index is 2.04. The summed E-state index contributed by atoms with van der Waals surface area (Å²) in [4.78, 5) is 15.0. The first-order valence-electron chi connectivity index (χ1n) is 5.25. The second-order valence-electron chi connectivity index (χ2n) is 3.67. The zero-order chi connectivity index (χ0) is 14.8. The molecule has 10 heteroatoms. The number of amides is 2. The van der Waals surface area contributed by atoms with Crippen molar-refractivity contribution in [1.82, 2.24) is 15.2 Å². The van der Waals surface area contributed by atoms with Crippen LogP contribution in [-0.4, -0.2) is 21.2 Å². The standard InChI is InChI=1S/C10H8F3N5OS/c1-5-17-18-9(20-5)16-8(19)15-7-2-6(3-14-4-7)10(11,12)13/h2-4H,1H3,(H2,15,16,18,19). The second kappa shape index (κ2) is 5.41. The van der Waals surface area contributed by atoms with E-state index in [1.54, 1.807) is 6.92 Å². The van der Waals surface area contributed by atoms with Gasteiger partial charge in [0.2, 0.25) is 5.13 Å². The Morgan fingerprint density at radius 1 is 1.25 bits per heavy atom. The van der Waals surface area contributed by atoms with Crippen molar-refractivity contribution >= 4 is 28.2 Å². The average molecular weight is 303 g/mol. The van der Waals surface area contributed by atoms with Crippen LogP contribution in [0.15, 0.2) is 18.5 Å². The van der Waals surface area contributed by atoms with Crippen LogP contribution < -0.4 is 10.6 Å². The third-order valence-corrected chi connectivity index (χ3v) is 2.82. The minimum absolute atomic E-state index is 0.0708. The number of rotatable bonds is 2. The number of hydrogen-bond donors (Lipinski definition) is 2. The van der Waals surface area contributed by atoms with Crippen LogP contribution in [0.5, 0.6) is 0 Å². The predicted octanol–water partition coefficient (Wildman–Crippen LogP) is 2.90. The highest BCUT2D eigenvalue weighted by molar-refractivity contribution is 7.15. The number of nitrogens with one attached hydrogen (secondary N) is 2. The maximum absolute atomic E-state index is 12.5. The molecule has 0 atom stereocenters. The minimum Gasteiger partial charge on any atom is -0.306 e. The summed E-state index contributed by atoms with van der Waals surface area (Å²) in [6.45, 7) is 1.71.